The molecular formula is C14H18F2N2O3. The zero-order valence-corrected chi connectivity index (χ0v) is 11.9. The molecule has 0 heterocycles. The van der Waals surface area contributed by atoms with Gasteiger partial charge in [-0.2, -0.15) is 0 Å². The molecule has 0 radical (unpaired) electrons. The Bertz CT molecular complexity index is 523. The van der Waals surface area contributed by atoms with E-state index in [-0.39, 0.29) is 13.0 Å². The maximum atomic E-state index is 13.2. The van der Waals surface area contributed by atoms with Crippen LogP contribution in [0.1, 0.15) is 31.4 Å². The van der Waals surface area contributed by atoms with E-state index in [9.17, 15) is 18.4 Å². The zero-order valence-electron chi connectivity index (χ0n) is 11.9. The summed E-state index contributed by atoms with van der Waals surface area (Å²) in [7, 11) is 1.53. The second-order valence-electron chi connectivity index (χ2n) is 4.69. The number of rotatable bonds is 6. The third kappa shape index (κ3) is 5.02. The number of carboxylic acid groups (broad SMARTS) is 1. The van der Waals surface area contributed by atoms with E-state index in [1.54, 1.807) is 6.92 Å². The van der Waals surface area contributed by atoms with Crippen molar-refractivity contribution >= 4 is 12.0 Å². The highest BCUT2D eigenvalue weighted by molar-refractivity contribution is 5.74. The van der Waals surface area contributed by atoms with Gasteiger partial charge in [-0.15, -0.1) is 0 Å². The van der Waals surface area contributed by atoms with E-state index < -0.39 is 29.7 Å². The molecule has 7 heteroatoms. The quantitative estimate of drug-likeness (QED) is 0.793. The monoisotopic (exact) mass is 300 g/mol. The molecule has 0 aliphatic heterocycles. The number of amides is 2. The SMILES string of the molecule is CC(c1ccc(F)c(F)c1)N(C)C(=O)NCCCC(=O)O. The number of carbonyl (C=O) groups excluding carboxylic acids is 1. The molecule has 1 aromatic carbocycles. The summed E-state index contributed by atoms with van der Waals surface area (Å²) in [4.78, 5) is 23.5. The van der Waals surface area contributed by atoms with Crippen molar-refractivity contribution in [3.8, 4) is 0 Å². The second kappa shape index (κ2) is 7.56. The lowest BCUT2D eigenvalue weighted by Crippen LogP contribution is -2.39. The summed E-state index contributed by atoms with van der Waals surface area (Å²) in [6, 6.07) is 2.63. The van der Waals surface area contributed by atoms with Gasteiger partial charge in [0.05, 0.1) is 6.04 Å². The molecule has 0 fully saturated rings. The molecule has 0 aliphatic rings. The van der Waals surface area contributed by atoms with Crippen LogP contribution in [0.5, 0.6) is 0 Å². The number of nitrogens with one attached hydrogen (secondary N) is 1. The van der Waals surface area contributed by atoms with Gasteiger partial charge in [0.2, 0.25) is 0 Å². The number of hydrogen-bond donors (Lipinski definition) is 2. The smallest absolute Gasteiger partial charge is 0.317 e. The largest absolute Gasteiger partial charge is 0.481 e. The standard InChI is InChI=1S/C14H18F2N2O3/c1-9(10-5-6-11(15)12(16)8-10)18(2)14(21)17-7-3-4-13(19)20/h5-6,8-9H,3-4,7H2,1-2H3,(H,17,21)(H,19,20). The van der Waals surface area contributed by atoms with E-state index in [0.29, 0.717) is 12.0 Å². The first kappa shape index (κ1) is 16.9. The summed E-state index contributed by atoms with van der Waals surface area (Å²) < 4.78 is 26.1. The zero-order chi connectivity index (χ0) is 16.0. The Labute approximate surface area is 121 Å². The molecule has 2 N–H and O–H groups in total. The van der Waals surface area contributed by atoms with Crippen molar-refractivity contribution in [3.05, 3.63) is 35.4 Å². The van der Waals surface area contributed by atoms with Crippen LogP contribution in [0.4, 0.5) is 13.6 Å². The lowest BCUT2D eigenvalue weighted by molar-refractivity contribution is -0.137. The molecule has 5 nitrogen and oxygen atoms in total. The van der Waals surface area contributed by atoms with Gasteiger partial charge >= 0.3 is 12.0 Å². The van der Waals surface area contributed by atoms with Crippen LogP contribution in [0.2, 0.25) is 0 Å². The van der Waals surface area contributed by atoms with Crippen molar-refractivity contribution in [1.29, 1.82) is 0 Å². The van der Waals surface area contributed by atoms with E-state index in [1.165, 1.54) is 18.0 Å². The average Bonchev–Trinajstić information content (AvgIpc) is 2.44. The van der Waals surface area contributed by atoms with E-state index in [1.807, 2.05) is 0 Å². The Morgan fingerprint density at radius 3 is 2.57 bits per heavy atom. The molecule has 0 aliphatic carbocycles. The van der Waals surface area contributed by atoms with Gasteiger partial charge in [-0.3, -0.25) is 4.79 Å². The molecule has 2 amide bonds. The highest BCUT2D eigenvalue weighted by atomic mass is 19.2. The van der Waals surface area contributed by atoms with Crippen LogP contribution in [0.25, 0.3) is 0 Å². The van der Waals surface area contributed by atoms with Gasteiger partial charge in [-0.05, 0) is 31.0 Å². The van der Waals surface area contributed by atoms with Gasteiger partial charge in [0, 0.05) is 20.0 Å². The Hall–Kier alpha value is -2.18. The molecule has 1 rings (SSSR count). The summed E-state index contributed by atoms with van der Waals surface area (Å²) in [6.07, 6.45) is 0.303. The average molecular weight is 300 g/mol. The van der Waals surface area contributed by atoms with Crippen molar-refractivity contribution in [3.63, 3.8) is 0 Å². The molecule has 1 aromatic rings. The van der Waals surface area contributed by atoms with Crippen molar-refractivity contribution in [2.75, 3.05) is 13.6 Å². The van der Waals surface area contributed by atoms with Crippen LogP contribution in [0.3, 0.4) is 0 Å². The summed E-state index contributed by atoms with van der Waals surface area (Å²) in [5, 5.41) is 11.1. The van der Waals surface area contributed by atoms with Gasteiger partial charge in [-0.25, -0.2) is 13.6 Å². The summed E-state index contributed by atoms with van der Waals surface area (Å²) in [5.41, 5.74) is 0.470. The van der Waals surface area contributed by atoms with Gasteiger partial charge in [0.15, 0.2) is 11.6 Å². The summed E-state index contributed by atoms with van der Waals surface area (Å²) in [5.74, 6) is -2.82. The Balaban J connectivity index is 2.56. The second-order valence-corrected chi connectivity index (χ2v) is 4.69. The Morgan fingerprint density at radius 2 is 2.00 bits per heavy atom. The molecule has 21 heavy (non-hydrogen) atoms. The molecule has 0 saturated carbocycles. The molecule has 1 atom stereocenters. The fourth-order valence-corrected chi connectivity index (χ4v) is 1.73. The van der Waals surface area contributed by atoms with E-state index in [4.69, 9.17) is 5.11 Å². The first-order chi connectivity index (χ1) is 9.82. The van der Waals surface area contributed by atoms with E-state index >= 15 is 0 Å². The number of halogens is 2. The first-order valence-corrected chi connectivity index (χ1v) is 6.50. The van der Waals surface area contributed by atoms with Gasteiger partial charge in [-0.1, -0.05) is 6.07 Å². The third-order valence-corrected chi connectivity index (χ3v) is 3.17. The molecule has 0 bridgehead atoms. The lowest BCUT2D eigenvalue weighted by Gasteiger charge is -2.25. The lowest BCUT2D eigenvalue weighted by atomic mass is 10.1. The predicted octanol–water partition coefficient (Wildman–Crippen LogP) is 2.53. The number of benzene rings is 1. The van der Waals surface area contributed by atoms with Crippen molar-refractivity contribution in [1.82, 2.24) is 10.2 Å². The number of aliphatic carboxylic acids is 1. The van der Waals surface area contributed by atoms with Crippen LogP contribution in [0.15, 0.2) is 18.2 Å². The summed E-state index contributed by atoms with van der Waals surface area (Å²) in [6.45, 7) is 1.92. The summed E-state index contributed by atoms with van der Waals surface area (Å²) >= 11 is 0. The minimum Gasteiger partial charge on any atom is -0.481 e. The van der Waals surface area contributed by atoms with Crippen molar-refractivity contribution in [2.45, 2.75) is 25.8 Å². The molecular weight excluding hydrogens is 282 g/mol. The fraction of sp³-hybridized carbons (Fsp3) is 0.429. The highest BCUT2D eigenvalue weighted by Gasteiger charge is 2.18. The van der Waals surface area contributed by atoms with E-state index in [2.05, 4.69) is 5.32 Å². The first-order valence-electron chi connectivity index (χ1n) is 6.50. The molecule has 0 aromatic heterocycles. The van der Waals surface area contributed by atoms with Crippen LogP contribution in [0, 0.1) is 11.6 Å². The van der Waals surface area contributed by atoms with Crippen LogP contribution >= 0.6 is 0 Å². The molecule has 1 unspecified atom stereocenters. The number of carbonyl (C=O) groups is 2. The number of carboxylic acids is 1. The van der Waals surface area contributed by atoms with Gasteiger partial charge in [0.25, 0.3) is 0 Å². The minimum atomic E-state index is -0.963. The number of hydrogen-bond acceptors (Lipinski definition) is 2. The Kier molecular flexibility index (Phi) is 6.08. The predicted molar refractivity (Wildman–Crippen MR) is 72.8 cm³/mol. The van der Waals surface area contributed by atoms with Crippen molar-refractivity contribution in [2.24, 2.45) is 0 Å². The number of nitrogens with zero attached hydrogens (tertiary/aromatic N) is 1. The van der Waals surface area contributed by atoms with Crippen molar-refractivity contribution < 1.29 is 23.5 Å². The maximum Gasteiger partial charge on any atom is 0.317 e. The van der Waals surface area contributed by atoms with E-state index in [0.717, 1.165) is 12.1 Å². The van der Waals surface area contributed by atoms with Crippen LogP contribution in [-0.4, -0.2) is 35.6 Å². The van der Waals surface area contributed by atoms with Crippen LogP contribution in [-0.2, 0) is 4.79 Å². The number of urea groups is 1. The normalized spacial score (nSPS) is 11.8. The topological polar surface area (TPSA) is 69.6 Å². The minimum absolute atomic E-state index is 0.0251. The Morgan fingerprint density at radius 1 is 1.33 bits per heavy atom. The molecule has 116 valence electrons. The molecule has 0 spiro atoms. The van der Waals surface area contributed by atoms with Gasteiger partial charge in [0.1, 0.15) is 0 Å². The maximum absolute atomic E-state index is 13.2. The van der Waals surface area contributed by atoms with Gasteiger partial charge < -0.3 is 15.3 Å². The molecule has 0 saturated heterocycles. The van der Waals surface area contributed by atoms with Crippen LogP contribution < -0.4 is 5.32 Å². The fourth-order valence-electron chi connectivity index (χ4n) is 1.73. The third-order valence-electron chi connectivity index (χ3n) is 3.17. The highest BCUT2D eigenvalue weighted by Crippen LogP contribution is 2.20.